The molecule has 0 bridgehead atoms. The highest BCUT2D eigenvalue weighted by molar-refractivity contribution is 5.96. The average Bonchev–Trinajstić information content (AvgIpc) is 2.88. The van der Waals surface area contributed by atoms with E-state index in [-0.39, 0.29) is 11.8 Å². The van der Waals surface area contributed by atoms with Crippen molar-refractivity contribution >= 4 is 17.5 Å². The van der Waals surface area contributed by atoms with Gasteiger partial charge < -0.3 is 10.2 Å². The van der Waals surface area contributed by atoms with Gasteiger partial charge in [-0.2, -0.15) is 5.10 Å². The van der Waals surface area contributed by atoms with Gasteiger partial charge in [-0.1, -0.05) is 18.2 Å². The molecular weight excluding hydrogens is 330 g/mol. The smallest absolute Gasteiger partial charge is 0.257 e. The number of benzene rings is 1. The van der Waals surface area contributed by atoms with Gasteiger partial charge in [-0.15, -0.1) is 0 Å². The number of hydrogen-bond donors (Lipinski definition) is 1. The van der Waals surface area contributed by atoms with Crippen LogP contribution in [0.25, 0.3) is 0 Å². The van der Waals surface area contributed by atoms with Crippen molar-refractivity contribution < 1.29 is 9.59 Å². The molecule has 0 aliphatic carbocycles. The van der Waals surface area contributed by atoms with E-state index >= 15 is 0 Å². The van der Waals surface area contributed by atoms with Crippen molar-refractivity contribution in [1.82, 2.24) is 19.6 Å². The molecule has 2 aromatic rings. The van der Waals surface area contributed by atoms with E-state index in [0.29, 0.717) is 38.3 Å². The summed E-state index contributed by atoms with van der Waals surface area (Å²) in [5.41, 5.74) is 3.15. The highest BCUT2D eigenvalue weighted by Crippen LogP contribution is 2.16. The van der Waals surface area contributed by atoms with Crippen LogP contribution in [-0.2, 0) is 11.8 Å². The van der Waals surface area contributed by atoms with E-state index in [0.717, 1.165) is 17.1 Å². The molecule has 1 N–H and O–H groups in total. The number of rotatable bonds is 4. The number of aromatic nitrogens is 2. The standard InChI is InChI=1S/C19H25N5O2/c1-14-18(15(2)22(3)21-14)19(26)24-11-9-23(10-12-24)13-17(25)20-16-7-5-4-6-8-16/h4-8H,9-13H2,1-3H3,(H,20,25). The Morgan fingerprint density at radius 3 is 2.31 bits per heavy atom. The number of nitrogens with zero attached hydrogens (tertiary/aromatic N) is 4. The zero-order valence-electron chi connectivity index (χ0n) is 15.5. The fourth-order valence-corrected chi connectivity index (χ4v) is 3.28. The number of para-hydroxylation sites is 1. The minimum absolute atomic E-state index is 0.0292. The first-order chi connectivity index (χ1) is 12.5. The number of piperazine rings is 1. The fraction of sp³-hybridized carbons (Fsp3) is 0.421. The summed E-state index contributed by atoms with van der Waals surface area (Å²) in [5, 5.41) is 7.22. The highest BCUT2D eigenvalue weighted by atomic mass is 16.2. The molecule has 26 heavy (non-hydrogen) atoms. The zero-order chi connectivity index (χ0) is 18.7. The molecule has 1 fully saturated rings. The van der Waals surface area contributed by atoms with Gasteiger partial charge in [0.05, 0.1) is 17.8 Å². The van der Waals surface area contributed by atoms with Crippen molar-refractivity contribution in [2.45, 2.75) is 13.8 Å². The molecule has 1 aliphatic rings. The SMILES string of the molecule is Cc1nn(C)c(C)c1C(=O)N1CCN(CC(=O)Nc2ccccc2)CC1. The summed E-state index contributed by atoms with van der Waals surface area (Å²) in [5.74, 6) is -0.00332. The number of nitrogens with one attached hydrogen (secondary N) is 1. The maximum Gasteiger partial charge on any atom is 0.257 e. The minimum atomic E-state index is -0.0325. The lowest BCUT2D eigenvalue weighted by Gasteiger charge is -2.34. The maximum absolute atomic E-state index is 12.8. The van der Waals surface area contributed by atoms with E-state index in [4.69, 9.17) is 0 Å². The molecule has 0 spiro atoms. The van der Waals surface area contributed by atoms with Crippen molar-refractivity contribution in [3.8, 4) is 0 Å². The van der Waals surface area contributed by atoms with Crippen LogP contribution in [0, 0.1) is 13.8 Å². The summed E-state index contributed by atoms with van der Waals surface area (Å²) >= 11 is 0. The topological polar surface area (TPSA) is 70.5 Å². The molecule has 1 aromatic carbocycles. The molecule has 0 saturated carbocycles. The van der Waals surface area contributed by atoms with Gasteiger partial charge >= 0.3 is 0 Å². The normalized spacial score (nSPS) is 15.1. The van der Waals surface area contributed by atoms with Gasteiger partial charge in [0.2, 0.25) is 5.91 Å². The number of anilines is 1. The minimum Gasteiger partial charge on any atom is -0.336 e. The Bertz CT molecular complexity index is 792. The second kappa shape index (κ2) is 7.70. The lowest BCUT2D eigenvalue weighted by molar-refractivity contribution is -0.117. The molecule has 0 unspecified atom stereocenters. The molecule has 7 nitrogen and oxygen atoms in total. The first-order valence-electron chi connectivity index (χ1n) is 8.82. The van der Waals surface area contributed by atoms with E-state index < -0.39 is 0 Å². The van der Waals surface area contributed by atoms with Gasteiger partial charge in [0.15, 0.2) is 0 Å². The molecule has 1 aliphatic heterocycles. The lowest BCUT2D eigenvalue weighted by Crippen LogP contribution is -2.50. The predicted molar refractivity (Wildman–Crippen MR) is 100 cm³/mol. The van der Waals surface area contributed by atoms with Gasteiger partial charge in [0.1, 0.15) is 0 Å². The number of amides is 2. The third-order valence-electron chi connectivity index (χ3n) is 4.81. The lowest BCUT2D eigenvalue weighted by atomic mass is 10.1. The zero-order valence-corrected chi connectivity index (χ0v) is 15.5. The Hall–Kier alpha value is -2.67. The van der Waals surface area contributed by atoms with Gasteiger partial charge in [-0.25, -0.2) is 0 Å². The number of carbonyl (C=O) groups excluding carboxylic acids is 2. The van der Waals surface area contributed by atoms with E-state index in [1.807, 2.05) is 56.1 Å². The van der Waals surface area contributed by atoms with E-state index in [1.54, 1.807) is 4.68 Å². The Morgan fingerprint density at radius 1 is 1.08 bits per heavy atom. The average molecular weight is 355 g/mol. The van der Waals surface area contributed by atoms with Crippen LogP contribution in [0.15, 0.2) is 30.3 Å². The van der Waals surface area contributed by atoms with Crippen molar-refractivity contribution in [3.63, 3.8) is 0 Å². The molecular formula is C19H25N5O2. The Labute approximate surface area is 153 Å². The van der Waals surface area contributed by atoms with Gasteiger partial charge in [0.25, 0.3) is 5.91 Å². The summed E-state index contributed by atoms with van der Waals surface area (Å²) in [7, 11) is 1.85. The van der Waals surface area contributed by atoms with Crippen LogP contribution in [0.1, 0.15) is 21.7 Å². The van der Waals surface area contributed by atoms with Crippen LogP contribution in [0.2, 0.25) is 0 Å². The van der Waals surface area contributed by atoms with E-state index in [1.165, 1.54) is 0 Å². The summed E-state index contributed by atoms with van der Waals surface area (Å²) in [6.45, 7) is 6.72. The van der Waals surface area contributed by atoms with Crippen LogP contribution in [0.4, 0.5) is 5.69 Å². The van der Waals surface area contributed by atoms with Crippen molar-refractivity contribution in [1.29, 1.82) is 0 Å². The van der Waals surface area contributed by atoms with Crippen LogP contribution in [0.3, 0.4) is 0 Å². The third-order valence-corrected chi connectivity index (χ3v) is 4.81. The monoisotopic (exact) mass is 355 g/mol. The summed E-state index contributed by atoms with van der Waals surface area (Å²) in [6.07, 6.45) is 0. The first-order valence-corrected chi connectivity index (χ1v) is 8.82. The fourth-order valence-electron chi connectivity index (χ4n) is 3.28. The first kappa shape index (κ1) is 18.1. The van der Waals surface area contributed by atoms with Crippen LogP contribution in [-0.4, -0.2) is 64.1 Å². The molecule has 0 radical (unpaired) electrons. The van der Waals surface area contributed by atoms with Crippen molar-refractivity contribution in [2.75, 3.05) is 38.0 Å². The van der Waals surface area contributed by atoms with E-state index in [2.05, 4.69) is 15.3 Å². The van der Waals surface area contributed by atoms with Gasteiger partial charge in [-0.3, -0.25) is 19.2 Å². The Morgan fingerprint density at radius 2 is 1.73 bits per heavy atom. The largest absolute Gasteiger partial charge is 0.336 e. The van der Waals surface area contributed by atoms with Gasteiger partial charge in [-0.05, 0) is 26.0 Å². The summed E-state index contributed by atoms with van der Waals surface area (Å²) in [6, 6.07) is 9.43. The molecule has 7 heteroatoms. The molecule has 1 aromatic heterocycles. The Kier molecular flexibility index (Phi) is 5.37. The molecule has 2 amide bonds. The summed E-state index contributed by atoms with van der Waals surface area (Å²) < 4.78 is 1.74. The van der Waals surface area contributed by atoms with Crippen LogP contribution in [0.5, 0.6) is 0 Å². The Balaban J connectivity index is 1.52. The second-order valence-electron chi connectivity index (χ2n) is 6.65. The molecule has 3 rings (SSSR count). The van der Waals surface area contributed by atoms with Gasteiger partial charge in [0, 0.05) is 44.6 Å². The molecule has 2 heterocycles. The molecule has 138 valence electrons. The van der Waals surface area contributed by atoms with E-state index in [9.17, 15) is 9.59 Å². The van der Waals surface area contributed by atoms with Crippen molar-refractivity contribution in [3.05, 3.63) is 47.3 Å². The molecule has 1 saturated heterocycles. The third kappa shape index (κ3) is 3.94. The van der Waals surface area contributed by atoms with Crippen molar-refractivity contribution in [2.24, 2.45) is 7.05 Å². The molecule has 0 atom stereocenters. The predicted octanol–water partition coefficient (Wildman–Crippen LogP) is 1.43. The number of carbonyl (C=O) groups is 2. The summed E-state index contributed by atoms with van der Waals surface area (Å²) in [4.78, 5) is 28.9. The quantitative estimate of drug-likeness (QED) is 0.901. The number of aryl methyl sites for hydroxylation is 2. The number of hydrogen-bond acceptors (Lipinski definition) is 4. The highest BCUT2D eigenvalue weighted by Gasteiger charge is 2.27. The second-order valence-corrected chi connectivity index (χ2v) is 6.65. The maximum atomic E-state index is 12.8. The van der Waals surface area contributed by atoms with Crippen LogP contribution >= 0.6 is 0 Å². The van der Waals surface area contributed by atoms with Crippen LogP contribution < -0.4 is 5.32 Å².